The number of ether oxygens (including phenoxy) is 1. The van der Waals surface area contributed by atoms with Gasteiger partial charge in [0.25, 0.3) is 0 Å². The number of hydrogen-bond donors (Lipinski definition) is 1. The van der Waals surface area contributed by atoms with E-state index in [4.69, 9.17) is 16.3 Å². The first kappa shape index (κ1) is 16.0. The zero-order valence-electron chi connectivity index (χ0n) is 12.1. The highest BCUT2D eigenvalue weighted by atomic mass is 35.5. The molecule has 0 fully saturated rings. The van der Waals surface area contributed by atoms with Gasteiger partial charge in [-0.15, -0.1) is 0 Å². The Balaban J connectivity index is 1.85. The number of rotatable bonds is 5. The Hall–Kier alpha value is -2.33. The van der Waals surface area contributed by atoms with E-state index in [1.807, 2.05) is 30.3 Å². The molecule has 1 amide bonds. The van der Waals surface area contributed by atoms with Gasteiger partial charge >= 0.3 is 6.09 Å². The highest BCUT2D eigenvalue weighted by Gasteiger charge is 2.18. The minimum atomic E-state index is -0.676. The van der Waals surface area contributed by atoms with Crippen LogP contribution in [0.2, 0.25) is 5.02 Å². The fraction of sp³-hybridized carbons (Fsp3) is 0.176. The number of carbonyl (C=O) groups excluding carboxylic acids is 2. The lowest BCUT2D eigenvalue weighted by Gasteiger charge is -2.13. The molecule has 0 spiro atoms. The van der Waals surface area contributed by atoms with Gasteiger partial charge in [-0.05, 0) is 36.8 Å². The topological polar surface area (TPSA) is 55.4 Å². The van der Waals surface area contributed by atoms with Gasteiger partial charge in [0.1, 0.15) is 6.61 Å². The van der Waals surface area contributed by atoms with E-state index in [9.17, 15) is 9.59 Å². The Kier molecular flexibility index (Phi) is 5.55. The van der Waals surface area contributed by atoms with Gasteiger partial charge in [0.2, 0.25) is 0 Å². The molecule has 0 aliphatic carbocycles. The predicted molar refractivity (Wildman–Crippen MR) is 85.0 cm³/mol. The van der Waals surface area contributed by atoms with Crippen LogP contribution in [0.3, 0.4) is 0 Å². The van der Waals surface area contributed by atoms with E-state index < -0.39 is 12.1 Å². The summed E-state index contributed by atoms with van der Waals surface area (Å²) >= 11 is 5.78. The van der Waals surface area contributed by atoms with Gasteiger partial charge in [-0.25, -0.2) is 4.79 Å². The molecule has 2 aromatic carbocycles. The van der Waals surface area contributed by atoms with E-state index >= 15 is 0 Å². The molecule has 0 saturated carbocycles. The Bertz CT molecular complexity index is 641. The maximum Gasteiger partial charge on any atom is 0.408 e. The summed E-state index contributed by atoms with van der Waals surface area (Å²) in [4.78, 5) is 23.9. The molecule has 0 aliphatic heterocycles. The average Bonchev–Trinajstić information content (AvgIpc) is 2.54. The van der Waals surface area contributed by atoms with Gasteiger partial charge in [0.05, 0.1) is 6.04 Å². The molecule has 0 saturated heterocycles. The van der Waals surface area contributed by atoms with E-state index in [1.54, 1.807) is 31.2 Å². The van der Waals surface area contributed by atoms with Crippen molar-refractivity contribution in [3.05, 3.63) is 70.7 Å². The Morgan fingerprint density at radius 2 is 1.73 bits per heavy atom. The monoisotopic (exact) mass is 317 g/mol. The van der Waals surface area contributed by atoms with Crippen LogP contribution < -0.4 is 5.32 Å². The molecule has 114 valence electrons. The molecule has 0 unspecified atom stereocenters. The fourth-order valence-corrected chi connectivity index (χ4v) is 2.00. The van der Waals surface area contributed by atoms with Gasteiger partial charge < -0.3 is 10.1 Å². The van der Waals surface area contributed by atoms with E-state index in [1.165, 1.54) is 0 Å². The third-order valence-corrected chi connectivity index (χ3v) is 3.32. The number of halogens is 1. The highest BCUT2D eigenvalue weighted by molar-refractivity contribution is 6.30. The van der Waals surface area contributed by atoms with E-state index in [0.29, 0.717) is 10.6 Å². The Morgan fingerprint density at radius 1 is 1.09 bits per heavy atom. The highest BCUT2D eigenvalue weighted by Crippen LogP contribution is 2.11. The van der Waals surface area contributed by atoms with Crippen LogP contribution in [-0.4, -0.2) is 17.9 Å². The van der Waals surface area contributed by atoms with E-state index in [2.05, 4.69) is 5.32 Å². The molecule has 2 aromatic rings. The van der Waals surface area contributed by atoms with Crippen molar-refractivity contribution in [2.24, 2.45) is 0 Å². The minimum absolute atomic E-state index is 0.161. The van der Waals surface area contributed by atoms with Crippen LogP contribution in [0, 0.1) is 0 Å². The molecule has 0 aromatic heterocycles. The van der Waals surface area contributed by atoms with Crippen LogP contribution in [0.25, 0.3) is 0 Å². The molecule has 5 heteroatoms. The summed E-state index contributed by atoms with van der Waals surface area (Å²) in [7, 11) is 0. The quantitative estimate of drug-likeness (QED) is 0.852. The van der Waals surface area contributed by atoms with Crippen LogP contribution in [0.4, 0.5) is 4.79 Å². The molecule has 0 radical (unpaired) electrons. The number of Topliss-reactive ketones (excluding diaryl/α,β-unsaturated/α-hetero) is 1. The van der Waals surface area contributed by atoms with Crippen molar-refractivity contribution in [1.29, 1.82) is 0 Å². The maximum atomic E-state index is 12.2. The first-order valence-corrected chi connectivity index (χ1v) is 7.21. The second kappa shape index (κ2) is 7.61. The van der Waals surface area contributed by atoms with Crippen LogP contribution in [0.15, 0.2) is 54.6 Å². The third kappa shape index (κ3) is 4.60. The predicted octanol–water partition coefficient (Wildman–Crippen LogP) is 3.84. The van der Waals surface area contributed by atoms with Crippen molar-refractivity contribution in [3.8, 4) is 0 Å². The first-order valence-electron chi connectivity index (χ1n) is 6.83. The summed E-state index contributed by atoms with van der Waals surface area (Å²) in [5.41, 5.74) is 1.37. The summed E-state index contributed by atoms with van der Waals surface area (Å²) in [5, 5.41) is 3.07. The lowest BCUT2D eigenvalue weighted by Crippen LogP contribution is -2.38. The number of amides is 1. The van der Waals surface area contributed by atoms with Gasteiger partial charge in [-0.2, -0.15) is 0 Å². The van der Waals surface area contributed by atoms with Gasteiger partial charge in [-0.3, -0.25) is 4.79 Å². The van der Waals surface area contributed by atoms with E-state index in [0.717, 1.165) is 5.56 Å². The number of ketones is 1. The summed E-state index contributed by atoms with van der Waals surface area (Å²) in [6, 6.07) is 15.2. The standard InChI is InChI=1S/C17H16ClNO3/c1-12(16(20)14-7-9-15(18)10-8-14)19-17(21)22-11-13-5-3-2-4-6-13/h2-10,12H,11H2,1H3,(H,19,21)/t12-/m0/s1. The van der Waals surface area contributed by atoms with Gasteiger partial charge in [0, 0.05) is 10.6 Å². The molecule has 0 bridgehead atoms. The SMILES string of the molecule is C[C@H](NC(=O)OCc1ccccc1)C(=O)c1ccc(Cl)cc1. The Labute approximate surface area is 134 Å². The number of carbonyl (C=O) groups is 2. The van der Waals surface area contributed by atoms with E-state index in [-0.39, 0.29) is 12.4 Å². The van der Waals surface area contributed by atoms with Crippen molar-refractivity contribution in [2.75, 3.05) is 0 Å². The number of alkyl carbamates (subject to hydrolysis) is 1. The van der Waals surface area contributed by atoms with Crippen LogP contribution in [0.5, 0.6) is 0 Å². The lowest BCUT2D eigenvalue weighted by atomic mass is 10.1. The molecular formula is C17H16ClNO3. The summed E-state index contributed by atoms with van der Waals surface area (Å²) in [6.45, 7) is 1.77. The first-order chi connectivity index (χ1) is 10.6. The number of nitrogens with one attached hydrogen (secondary N) is 1. The van der Waals surface area contributed by atoms with Crippen molar-refractivity contribution in [3.63, 3.8) is 0 Å². The van der Waals surface area contributed by atoms with Crippen molar-refractivity contribution < 1.29 is 14.3 Å². The van der Waals surface area contributed by atoms with Gasteiger partial charge in [0.15, 0.2) is 5.78 Å². The van der Waals surface area contributed by atoms with Crippen molar-refractivity contribution >= 4 is 23.5 Å². The molecule has 4 nitrogen and oxygen atoms in total. The third-order valence-electron chi connectivity index (χ3n) is 3.07. The zero-order valence-corrected chi connectivity index (χ0v) is 12.8. The molecule has 0 heterocycles. The smallest absolute Gasteiger partial charge is 0.408 e. The summed E-state index contributed by atoms with van der Waals surface area (Å²) in [6.07, 6.45) is -0.626. The molecular weight excluding hydrogens is 302 g/mol. The molecule has 22 heavy (non-hydrogen) atoms. The summed E-state index contributed by atoms with van der Waals surface area (Å²) < 4.78 is 5.08. The van der Waals surface area contributed by atoms with Crippen LogP contribution in [0.1, 0.15) is 22.8 Å². The van der Waals surface area contributed by atoms with Crippen LogP contribution >= 0.6 is 11.6 Å². The second-order valence-electron chi connectivity index (χ2n) is 4.80. The van der Waals surface area contributed by atoms with Crippen molar-refractivity contribution in [2.45, 2.75) is 19.6 Å². The summed E-state index contributed by atoms with van der Waals surface area (Å²) in [5.74, 6) is -0.201. The number of benzene rings is 2. The zero-order chi connectivity index (χ0) is 15.9. The molecule has 1 N–H and O–H groups in total. The molecule has 1 atom stereocenters. The maximum absolute atomic E-state index is 12.2. The number of hydrogen-bond acceptors (Lipinski definition) is 3. The molecule has 0 aliphatic rings. The average molecular weight is 318 g/mol. The Morgan fingerprint density at radius 3 is 2.36 bits per heavy atom. The molecule has 2 rings (SSSR count). The minimum Gasteiger partial charge on any atom is -0.445 e. The normalized spacial score (nSPS) is 11.5. The van der Waals surface area contributed by atoms with Crippen molar-refractivity contribution in [1.82, 2.24) is 5.32 Å². The van der Waals surface area contributed by atoms with Crippen LogP contribution in [-0.2, 0) is 11.3 Å². The lowest BCUT2D eigenvalue weighted by molar-refractivity contribution is 0.0926. The largest absolute Gasteiger partial charge is 0.445 e. The second-order valence-corrected chi connectivity index (χ2v) is 5.24. The fourth-order valence-electron chi connectivity index (χ4n) is 1.87. The van der Waals surface area contributed by atoms with Gasteiger partial charge in [-0.1, -0.05) is 41.9 Å².